The summed E-state index contributed by atoms with van der Waals surface area (Å²) in [6.45, 7) is 0. The number of rotatable bonds is 3. The quantitative estimate of drug-likeness (QED) is 0.353. The van der Waals surface area contributed by atoms with Crippen LogP contribution in [0.1, 0.15) is 18.4 Å². The summed E-state index contributed by atoms with van der Waals surface area (Å²) in [7, 11) is 1.93. The van der Waals surface area contributed by atoms with E-state index in [1.54, 1.807) is 6.07 Å². The zero-order valence-corrected chi connectivity index (χ0v) is 9.02. The molecule has 4 nitrogen and oxygen atoms in total. The third-order valence-corrected chi connectivity index (χ3v) is 2.82. The Morgan fingerprint density at radius 2 is 2.25 bits per heavy atom. The van der Waals surface area contributed by atoms with Gasteiger partial charge >= 0.3 is 0 Å². The van der Waals surface area contributed by atoms with E-state index in [4.69, 9.17) is 10.9 Å². The van der Waals surface area contributed by atoms with Crippen molar-refractivity contribution in [3.05, 3.63) is 29.6 Å². The lowest BCUT2D eigenvalue weighted by molar-refractivity contribution is 0.318. The molecule has 1 fully saturated rings. The van der Waals surface area contributed by atoms with Crippen LogP contribution in [-0.2, 0) is 0 Å². The van der Waals surface area contributed by atoms with Crippen molar-refractivity contribution in [3.63, 3.8) is 0 Å². The Balaban J connectivity index is 2.42. The van der Waals surface area contributed by atoms with Crippen LogP contribution in [0.5, 0.6) is 0 Å². The molecule has 1 saturated carbocycles. The minimum Gasteiger partial charge on any atom is -0.409 e. The number of oxime groups is 1. The molecule has 16 heavy (non-hydrogen) atoms. The molecule has 1 aromatic rings. The standard InChI is InChI=1S/C11H14FN3O/c1-15(8-3-4-8)10-5-2-7(12)6-9(10)11(13)14-16/h2,5-6,8,16H,3-4H2,1H3,(H2,13,14). The van der Waals surface area contributed by atoms with Crippen LogP contribution in [0.3, 0.4) is 0 Å². The summed E-state index contributed by atoms with van der Waals surface area (Å²) in [5, 5.41) is 11.6. The highest BCUT2D eigenvalue weighted by molar-refractivity contribution is 6.02. The van der Waals surface area contributed by atoms with E-state index in [0.29, 0.717) is 11.6 Å². The zero-order valence-electron chi connectivity index (χ0n) is 9.02. The van der Waals surface area contributed by atoms with Gasteiger partial charge in [0.05, 0.1) is 0 Å². The normalized spacial score (nSPS) is 16.2. The van der Waals surface area contributed by atoms with Gasteiger partial charge in [-0.15, -0.1) is 0 Å². The molecule has 1 aliphatic rings. The van der Waals surface area contributed by atoms with Crippen molar-refractivity contribution >= 4 is 11.5 Å². The van der Waals surface area contributed by atoms with E-state index in [-0.39, 0.29) is 5.84 Å². The summed E-state index contributed by atoms with van der Waals surface area (Å²) >= 11 is 0. The van der Waals surface area contributed by atoms with Gasteiger partial charge in [0, 0.05) is 24.3 Å². The smallest absolute Gasteiger partial charge is 0.172 e. The number of hydrogen-bond acceptors (Lipinski definition) is 3. The molecule has 5 heteroatoms. The van der Waals surface area contributed by atoms with Crippen LogP contribution >= 0.6 is 0 Å². The molecule has 0 heterocycles. The van der Waals surface area contributed by atoms with Crippen molar-refractivity contribution in [1.29, 1.82) is 0 Å². The number of amidine groups is 1. The fourth-order valence-corrected chi connectivity index (χ4v) is 1.73. The predicted octanol–water partition coefficient (Wildman–Crippen LogP) is 1.52. The van der Waals surface area contributed by atoms with E-state index in [0.717, 1.165) is 18.5 Å². The number of anilines is 1. The van der Waals surface area contributed by atoms with Gasteiger partial charge in [-0.05, 0) is 31.0 Å². The Morgan fingerprint density at radius 1 is 1.56 bits per heavy atom. The van der Waals surface area contributed by atoms with Gasteiger partial charge in [0.15, 0.2) is 5.84 Å². The maximum atomic E-state index is 13.1. The highest BCUT2D eigenvalue weighted by Gasteiger charge is 2.28. The minimum atomic E-state index is -0.394. The van der Waals surface area contributed by atoms with Gasteiger partial charge in [0.2, 0.25) is 0 Å². The first-order valence-electron chi connectivity index (χ1n) is 5.13. The second-order valence-corrected chi connectivity index (χ2v) is 3.99. The van der Waals surface area contributed by atoms with Gasteiger partial charge in [0.1, 0.15) is 5.82 Å². The first-order valence-corrected chi connectivity index (χ1v) is 5.13. The SMILES string of the molecule is CN(c1ccc(F)cc1C(N)=NO)C1CC1. The molecule has 0 saturated heterocycles. The second-order valence-electron chi connectivity index (χ2n) is 3.99. The van der Waals surface area contributed by atoms with Gasteiger partial charge in [-0.25, -0.2) is 4.39 Å². The molecule has 0 bridgehead atoms. The molecule has 0 atom stereocenters. The van der Waals surface area contributed by atoms with E-state index >= 15 is 0 Å². The minimum absolute atomic E-state index is 0.0676. The van der Waals surface area contributed by atoms with E-state index < -0.39 is 5.82 Å². The van der Waals surface area contributed by atoms with Gasteiger partial charge < -0.3 is 15.8 Å². The summed E-state index contributed by atoms with van der Waals surface area (Å²) < 4.78 is 13.1. The van der Waals surface area contributed by atoms with Crippen molar-refractivity contribution in [1.82, 2.24) is 0 Å². The number of benzene rings is 1. The average Bonchev–Trinajstić information content (AvgIpc) is 3.11. The van der Waals surface area contributed by atoms with Gasteiger partial charge in [-0.2, -0.15) is 0 Å². The molecule has 2 rings (SSSR count). The molecule has 1 aromatic carbocycles. The van der Waals surface area contributed by atoms with Crippen molar-refractivity contribution < 1.29 is 9.60 Å². The molecule has 0 aromatic heterocycles. The van der Waals surface area contributed by atoms with E-state index in [2.05, 4.69) is 5.16 Å². The molecule has 3 N–H and O–H groups in total. The Morgan fingerprint density at radius 3 is 2.81 bits per heavy atom. The largest absolute Gasteiger partial charge is 0.409 e. The molecular weight excluding hydrogens is 209 g/mol. The topological polar surface area (TPSA) is 61.8 Å². The predicted molar refractivity (Wildman–Crippen MR) is 60.3 cm³/mol. The number of nitrogens with zero attached hydrogens (tertiary/aromatic N) is 2. The molecule has 86 valence electrons. The summed E-state index contributed by atoms with van der Waals surface area (Å²) in [6.07, 6.45) is 2.26. The monoisotopic (exact) mass is 223 g/mol. The zero-order chi connectivity index (χ0) is 11.7. The maximum Gasteiger partial charge on any atom is 0.172 e. The summed E-state index contributed by atoms with van der Waals surface area (Å²) in [5.74, 6) is -0.462. The number of halogens is 1. The molecule has 0 amide bonds. The summed E-state index contributed by atoms with van der Waals surface area (Å²) in [5.41, 5.74) is 6.75. The fraction of sp³-hybridized carbons (Fsp3) is 0.364. The Kier molecular flexibility index (Phi) is 2.68. The second kappa shape index (κ2) is 4.00. The molecule has 0 aliphatic heterocycles. The average molecular weight is 223 g/mol. The van der Waals surface area contributed by atoms with Crippen LogP contribution in [0.25, 0.3) is 0 Å². The van der Waals surface area contributed by atoms with Crippen LogP contribution in [-0.4, -0.2) is 24.1 Å². The summed E-state index contributed by atoms with van der Waals surface area (Å²) in [6, 6.07) is 4.79. The van der Waals surface area contributed by atoms with Crippen molar-refractivity contribution in [3.8, 4) is 0 Å². The lowest BCUT2D eigenvalue weighted by Gasteiger charge is -2.21. The van der Waals surface area contributed by atoms with Crippen molar-refractivity contribution in [2.45, 2.75) is 18.9 Å². The van der Waals surface area contributed by atoms with Crippen LogP contribution in [0, 0.1) is 5.82 Å². The first-order chi connectivity index (χ1) is 7.63. The fourth-order valence-electron chi connectivity index (χ4n) is 1.73. The van der Waals surface area contributed by atoms with Crippen LogP contribution in [0.4, 0.5) is 10.1 Å². The molecule has 1 aliphatic carbocycles. The summed E-state index contributed by atoms with van der Waals surface area (Å²) in [4.78, 5) is 2.03. The van der Waals surface area contributed by atoms with E-state index in [1.165, 1.54) is 12.1 Å². The Labute approximate surface area is 93.2 Å². The molecule has 0 unspecified atom stereocenters. The van der Waals surface area contributed by atoms with Crippen molar-refractivity contribution in [2.75, 3.05) is 11.9 Å². The highest BCUT2D eigenvalue weighted by atomic mass is 19.1. The third-order valence-electron chi connectivity index (χ3n) is 2.82. The molecule has 0 radical (unpaired) electrons. The lowest BCUT2D eigenvalue weighted by atomic mass is 10.1. The van der Waals surface area contributed by atoms with Crippen molar-refractivity contribution in [2.24, 2.45) is 10.9 Å². The van der Waals surface area contributed by atoms with E-state index in [9.17, 15) is 4.39 Å². The van der Waals surface area contributed by atoms with E-state index in [1.807, 2.05) is 11.9 Å². The number of nitrogens with two attached hydrogens (primary N) is 1. The van der Waals surface area contributed by atoms with Gasteiger partial charge in [-0.3, -0.25) is 0 Å². The van der Waals surface area contributed by atoms with Crippen LogP contribution in [0.15, 0.2) is 23.4 Å². The Bertz CT molecular complexity index is 429. The Hall–Kier alpha value is -1.78. The van der Waals surface area contributed by atoms with Crippen LogP contribution < -0.4 is 10.6 Å². The maximum absolute atomic E-state index is 13.1. The highest BCUT2D eigenvalue weighted by Crippen LogP contribution is 2.32. The number of hydrogen-bond donors (Lipinski definition) is 2. The van der Waals surface area contributed by atoms with Crippen LogP contribution in [0.2, 0.25) is 0 Å². The van der Waals surface area contributed by atoms with Gasteiger partial charge in [0.25, 0.3) is 0 Å². The first kappa shape index (κ1) is 10.7. The molecule has 0 spiro atoms. The third kappa shape index (κ3) is 1.93. The lowest BCUT2D eigenvalue weighted by Crippen LogP contribution is -2.24. The van der Waals surface area contributed by atoms with Gasteiger partial charge in [-0.1, -0.05) is 5.16 Å². The molecular formula is C11H14FN3O.